The van der Waals surface area contributed by atoms with Crippen molar-refractivity contribution in [3.05, 3.63) is 87.4 Å². The van der Waals surface area contributed by atoms with Gasteiger partial charge in [-0.3, -0.25) is 9.59 Å². The van der Waals surface area contributed by atoms with E-state index in [9.17, 15) is 14.0 Å². The van der Waals surface area contributed by atoms with Crippen LogP contribution in [0.2, 0.25) is 0 Å². The lowest BCUT2D eigenvalue weighted by molar-refractivity contribution is -0.120. The van der Waals surface area contributed by atoms with Gasteiger partial charge < -0.3 is 4.98 Å². The summed E-state index contributed by atoms with van der Waals surface area (Å²) in [4.78, 5) is 31.3. The second kappa shape index (κ2) is 8.15. The topological polar surface area (TPSA) is 87.2 Å². The number of halogens is 1. The number of para-hydroxylation sites is 1. The van der Waals surface area contributed by atoms with Gasteiger partial charge in [0.05, 0.1) is 23.9 Å². The number of H-pyrrole nitrogens is 1. The molecule has 0 fully saturated rings. The third-order valence-corrected chi connectivity index (χ3v) is 5.10. The largest absolute Gasteiger partial charge is 0.321 e. The first-order chi connectivity index (χ1) is 14.1. The molecule has 0 aliphatic carbocycles. The maximum Gasteiger partial charge on any atom is 0.257 e. The molecule has 1 amide bonds. The van der Waals surface area contributed by atoms with Crippen LogP contribution in [0.5, 0.6) is 0 Å². The number of pyridine rings is 1. The van der Waals surface area contributed by atoms with E-state index in [-0.39, 0.29) is 23.7 Å². The normalized spacial score (nSPS) is 11.2. The number of amides is 1. The molecule has 0 saturated carbocycles. The Labute approximate surface area is 168 Å². The van der Waals surface area contributed by atoms with Crippen LogP contribution < -0.4 is 11.0 Å². The Balaban J connectivity index is 1.40. The van der Waals surface area contributed by atoms with Crippen LogP contribution in [0.1, 0.15) is 11.3 Å². The number of rotatable bonds is 5. The van der Waals surface area contributed by atoms with Crippen molar-refractivity contribution in [2.24, 2.45) is 5.10 Å². The Morgan fingerprint density at radius 2 is 2.00 bits per heavy atom. The van der Waals surface area contributed by atoms with Crippen molar-refractivity contribution >= 4 is 34.4 Å². The molecule has 0 aliphatic heterocycles. The average Bonchev–Trinajstić information content (AvgIpc) is 3.17. The molecular formula is C21H15FN4O2S. The first kappa shape index (κ1) is 18.7. The van der Waals surface area contributed by atoms with Crippen molar-refractivity contribution in [3.63, 3.8) is 0 Å². The summed E-state index contributed by atoms with van der Waals surface area (Å²) in [7, 11) is 0. The summed E-state index contributed by atoms with van der Waals surface area (Å²) in [5.41, 5.74) is 4.57. The van der Waals surface area contributed by atoms with E-state index in [0.717, 1.165) is 16.5 Å². The Morgan fingerprint density at radius 3 is 2.83 bits per heavy atom. The Morgan fingerprint density at radius 1 is 1.21 bits per heavy atom. The molecule has 0 atom stereocenters. The van der Waals surface area contributed by atoms with Gasteiger partial charge in [0.25, 0.3) is 5.56 Å². The van der Waals surface area contributed by atoms with E-state index in [1.54, 1.807) is 23.6 Å². The van der Waals surface area contributed by atoms with Crippen molar-refractivity contribution in [1.29, 1.82) is 0 Å². The number of thiazole rings is 1. The molecule has 0 radical (unpaired) electrons. The highest BCUT2D eigenvalue weighted by Crippen LogP contribution is 2.24. The van der Waals surface area contributed by atoms with Gasteiger partial charge in [0.15, 0.2) is 0 Å². The van der Waals surface area contributed by atoms with Crippen LogP contribution in [0.3, 0.4) is 0 Å². The van der Waals surface area contributed by atoms with Gasteiger partial charge in [0.1, 0.15) is 10.8 Å². The Bertz CT molecular complexity index is 1260. The van der Waals surface area contributed by atoms with E-state index in [0.29, 0.717) is 16.3 Å². The summed E-state index contributed by atoms with van der Waals surface area (Å²) in [6.07, 6.45) is 1.36. The maximum atomic E-state index is 13.0. The zero-order valence-corrected chi connectivity index (χ0v) is 15.9. The molecule has 29 heavy (non-hydrogen) atoms. The van der Waals surface area contributed by atoms with Crippen LogP contribution in [0.15, 0.2) is 69.9 Å². The van der Waals surface area contributed by atoms with Crippen LogP contribution in [-0.4, -0.2) is 22.1 Å². The molecule has 4 aromatic rings. The van der Waals surface area contributed by atoms with Gasteiger partial charge in [0, 0.05) is 16.5 Å². The molecule has 0 aliphatic rings. The van der Waals surface area contributed by atoms with Gasteiger partial charge in [0.2, 0.25) is 5.91 Å². The van der Waals surface area contributed by atoms with Gasteiger partial charge in [-0.2, -0.15) is 5.10 Å². The molecule has 6 nitrogen and oxygen atoms in total. The number of hydrogen-bond donors (Lipinski definition) is 2. The van der Waals surface area contributed by atoms with E-state index in [4.69, 9.17) is 0 Å². The van der Waals surface area contributed by atoms with Gasteiger partial charge in [-0.05, 0) is 41.8 Å². The highest BCUT2D eigenvalue weighted by Gasteiger charge is 2.09. The summed E-state index contributed by atoms with van der Waals surface area (Å²) in [5, 5.41) is 7.22. The number of carbonyl (C=O) groups excluding carboxylic acids is 1. The number of hydrogen-bond acceptors (Lipinski definition) is 5. The molecule has 2 aromatic carbocycles. The van der Waals surface area contributed by atoms with E-state index in [2.05, 4.69) is 20.5 Å². The fourth-order valence-electron chi connectivity index (χ4n) is 2.75. The van der Waals surface area contributed by atoms with Crippen LogP contribution in [0.4, 0.5) is 4.39 Å². The zero-order chi connectivity index (χ0) is 20.2. The smallest absolute Gasteiger partial charge is 0.257 e. The predicted molar refractivity (Wildman–Crippen MR) is 112 cm³/mol. The zero-order valence-electron chi connectivity index (χ0n) is 15.1. The molecular weight excluding hydrogens is 391 g/mol. The number of fused-ring (bicyclic) bond motifs is 1. The van der Waals surface area contributed by atoms with E-state index in [1.807, 2.05) is 24.3 Å². The van der Waals surface area contributed by atoms with Crippen LogP contribution in [-0.2, 0) is 11.2 Å². The Kier molecular flexibility index (Phi) is 5.26. The van der Waals surface area contributed by atoms with Crippen LogP contribution >= 0.6 is 11.3 Å². The highest BCUT2D eigenvalue weighted by molar-refractivity contribution is 7.13. The number of aromatic nitrogens is 2. The lowest BCUT2D eigenvalue weighted by Gasteiger charge is -2.00. The summed E-state index contributed by atoms with van der Waals surface area (Å²) in [6.45, 7) is 0. The fourth-order valence-corrected chi connectivity index (χ4v) is 3.58. The molecule has 0 unspecified atom stereocenters. The van der Waals surface area contributed by atoms with E-state index < -0.39 is 0 Å². The minimum Gasteiger partial charge on any atom is -0.321 e. The maximum absolute atomic E-state index is 13.0. The third-order valence-electron chi connectivity index (χ3n) is 4.16. The lowest BCUT2D eigenvalue weighted by Crippen LogP contribution is -2.21. The number of nitrogens with zero attached hydrogens (tertiary/aromatic N) is 2. The SMILES string of the molecule is O=C(Cc1csc(-c2ccc(F)cc2)n1)N/N=C/c1cc2ccccc2[nH]c1=O. The first-order valence-corrected chi connectivity index (χ1v) is 9.61. The summed E-state index contributed by atoms with van der Waals surface area (Å²) >= 11 is 1.38. The van der Waals surface area contributed by atoms with Gasteiger partial charge in [-0.25, -0.2) is 14.8 Å². The molecule has 0 bridgehead atoms. The first-order valence-electron chi connectivity index (χ1n) is 8.73. The fraction of sp³-hybridized carbons (Fsp3) is 0.0476. The van der Waals surface area contributed by atoms with Crippen molar-refractivity contribution < 1.29 is 9.18 Å². The molecule has 4 rings (SSSR count). The van der Waals surface area contributed by atoms with Crippen molar-refractivity contribution in [1.82, 2.24) is 15.4 Å². The minimum absolute atomic E-state index is 0.0448. The molecule has 2 N–H and O–H groups in total. The highest BCUT2D eigenvalue weighted by atomic mass is 32.1. The summed E-state index contributed by atoms with van der Waals surface area (Å²) in [6, 6.07) is 15.1. The molecule has 2 heterocycles. The van der Waals surface area contributed by atoms with Crippen molar-refractivity contribution in [3.8, 4) is 10.6 Å². The van der Waals surface area contributed by atoms with Crippen molar-refractivity contribution in [2.45, 2.75) is 6.42 Å². The number of nitrogens with one attached hydrogen (secondary N) is 2. The number of hydrazone groups is 1. The number of carbonyl (C=O) groups is 1. The quantitative estimate of drug-likeness (QED) is 0.393. The third kappa shape index (κ3) is 4.44. The Hall–Kier alpha value is -3.65. The molecule has 144 valence electrons. The standard InChI is InChI=1S/C21H15FN4O2S/c22-16-7-5-13(6-8-16)21-24-17(12-29-21)10-19(27)26-23-11-15-9-14-3-1-2-4-18(14)25-20(15)28/h1-9,11-12H,10H2,(H,25,28)(H,26,27)/b23-11+. The van der Waals surface area contributed by atoms with Gasteiger partial charge in [-0.15, -0.1) is 11.3 Å². The second-order valence-corrected chi connectivity index (χ2v) is 7.12. The van der Waals surface area contributed by atoms with Crippen molar-refractivity contribution in [2.75, 3.05) is 0 Å². The monoisotopic (exact) mass is 406 g/mol. The predicted octanol–water partition coefficient (Wildman–Crippen LogP) is 3.48. The summed E-state index contributed by atoms with van der Waals surface area (Å²) in [5.74, 6) is -0.664. The van der Waals surface area contributed by atoms with Crippen LogP contribution in [0, 0.1) is 5.82 Å². The molecule has 0 spiro atoms. The minimum atomic E-state index is -0.352. The van der Waals surface area contributed by atoms with Gasteiger partial charge >= 0.3 is 0 Å². The molecule has 2 aromatic heterocycles. The van der Waals surface area contributed by atoms with E-state index >= 15 is 0 Å². The lowest BCUT2D eigenvalue weighted by atomic mass is 10.2. The molecule has 8 heteroatoms. The van der Waals surface area contributed by atoms with Gasteiger partial charge in [-0.1, -0.05) is 18.2 Å². The van der Waals surface area contributed by atoms with E-state index in [1.165, 1.54) is 29.7 Å². The number of benzene rings is 2. The average molecular weight is 406 g/mol. The number of aromatic amines is 1. The van der Waals surface area contributed by atoms with Crippen LogP contribution in [0.25, 0.3) is 21.5 Å². The second-order valence-electron chi connectivity index (χ2n) is 6.26. The summed E-state index contributed by atoms with van der Waals surface area (Å²) < 4.78 is 13.0. The molecule has 0 saturated heterocycles.